The van der Waals surface area contributed by atoms with Gasteiger partial charge in [0.1, 0.15) is 6.04 Å². The molecule has 1 aliphatic rings. The molecular formula is C26H27N3O4S. The minimum absolute atomic E-state index is 0.0553. The van der Waals surface area contributed by atoms with E-state index in [0.717, 1.165) is 22.3 Å². The van der Waals surface area contributed by atoms with E-state index in [2.05, 4.69) is 15.4 Å². The summed E-state index contributed by atoms with van der Waals surface area (Å²) < 4.78 is 29.1. The van der Waals surface area contributed by atoms with Crippen molar-refractivity contribution >= 4 is 33.2 Å². The van der Waals surface area contributed by atoms with Gasteiger partial charge in [-0.15, -0.1) is 0 Å². The highest BCUT2D eigenvalue weighted by molar-refractivity contribution is 7.89. The first-order chi connectivity index (χ1) is 16.2. The summed E-state index contributed by atoms with van der Waals surface area (Å²) in [5, 5.41) is 5.62. The Morgan fingerprint density at radius 2 is 1.76 bits per heavy atom. The van der Waals surface area contributed by atoms with Crippen molar-refractivity contribution < 1.29 is 18.0 Å². The average molecular weight is 478 g/mol. The van der Waals surface area contributed by atoms with Crippen molar-refractivity contribution in [1.29, 1.82) is 0 Å². The summed E-state index contributed by atoms with van der Waals surface area (Å²) in [6.45, 7) is 3.86. The van der Waals surface area contributed by atoms with Crippen LogP contribution in [0.15, 0.2) is 71.6 Å². The summed E-state index contributed by atoms with van der Waals surface area (Å²) in [4.78, 5) is 24.9. The third-order valence-corrected chi connectivity index (χ3v) is 7.29. The summed E-state index contributed by atoms with van der Waals surface area (Å²) in [5.41, 5.74) is 4.80. The zero-order valence-electron chi connectivity index (χ0n) is 19.1. The first-order valence-electron chi connectivity index (χ1n) is 11.1. The van der Waals surface area contributed by atoms with Gasteiger partial charge in [-0.25, -0.2) is 8.42 Å². The number of anilines is 2. The lowest BCUT2D eigenvalue weighted by atomic mass is 10.0. The van der Waals surface area contributed by atoms with Crippen molar-refractivity contribution in [2.45, 2.75) is 44.0 Å². The average Bonchev–Trinajstić information content (AvgIpc) is 2.80. The summed E-state index contributed by atoms with van der Waals surface area (Å²) in [5.74, 6) is -0.531. The van der Waals surface area contributed by atoms with E-state index in [1.165, 1.54) is 6.07 Å². The van der Waals surface area contributed by atoms with Crippen LogP contribution >= 0.6 is 0 Å². The quantitative estimate of drug-likeness (QED) is 0.482. The smallest absolute Gasteiger partial charge is 0.242 e. The zero-order valence-corrected chi connectivity index (χ0v) is 19.9. The van der Waals surface area contributed by atoms with Crippen LogP contribution in [-0.4, -0.2) is 26.3 Å². The highest BCUT2D eigenvalue weighted by atomic mass is 32.2. The van der Waals surface area contributed by atoms with Crippen LogP contribution in [-0.2, 0) is 32.5 Å². The minimum atomic E-state index is -4.00. The first kappa shape index (κ1) is 23.7. The monoisotopic (exact) mass is 477 g/mol. The van der Waals surface area contributed by atoms with Crippen LogP contribution in [0.4, 0.5) is 11.4 Å². The molecule has 0 aliphatic carbocycles. The molecule has 1 atom stereocenters. The molecule has 0 aromatic heterocycles. The Kier molecular flexibility index (Phi) is 6.81. The standard InChI is InChI=1S/C26H27N3O4S/c1-17-8-11-22(18(2)14-17)28-26(31)24(15-19-6-4-3-5-7-19)29-34(32,33)21-10-12-23-20(16-21)9-13-25(30)27-23/h3-8,10-12,14,16,24,29H,9,13,15H2,1-2H3,(H,27,30)(H,28,31)/t24-/m0/s1. The number of hydrogen-bond donors (Lipinski definition) is 3. The van der Waals surface area contributed by atoms with E-state index in [0.29, 0.717) is 24.2 Å². The van der Waals surface area contributed by atoms with Crippen molar-refractivity contribution in [3.63, 3.8) is 0 Å². The topological polar surface area (TPSA) is 104 Å². The van der Waals surface area contributed by atoms with Gasteiger partial charge in [0, 0.05) is 17.8 Å². The number of sulfonamides is 1. The molecule has 0 spiro atoms. The molecule has 1 heterocycles. The van der Waals surface area contributed by atoms with Crippen molar-refractivity contribution in [3.05, 3.63) is 89.0 Å². The molecule has 2 amide bonds. The van der Waals surface area contributed by atoms with E-state index < -0.39 is 22.0 Å². The van der Waals surface area contributed by atoms with E-state index in [4.69, 9.17) is 0 Å². The maximum atomic E-state index is 13.3. The Balaban J connectivity index is 1.60. The van der Waals surface area contributed by atoms with E-state index >= 15 is 0 Å². The van der Waals surface area contributed by atoms with Crippen molar-refractivity contribution in [1.82, 2.24) is 4.72 Å². The van der Waals surface area contributed by atoms with Crippen molar-refractivity contribution in [3.8, 4) is 0 Å². The van der Waals surface area contributed by atoms with Crippen LogP contribution < -0.4 is 15.4 Å². The largest absolute Gasteiger partial charge is 0.326 e. The molecule has 0 bridgehead atoms. The Bertz CT molecular complexity index is 1340. The number of carbonyl (C=O) groups is 2. The zero-order chi connectivity index (χ0) is 24.3. The molecule has 4 rings (SSSR count). The van der Waals surface area contributed by atoms with Crippen LogP contribution in [0.2, 0.25) is 0 Å². The van der Waals surface area contributed by atoms with E-state index in [1.54, 1.807) is 12.1 Å². The van der Waals surface area contributed by atoms with Gasteiger partial charge in [-0.2, -0.15) is 4.72 Å². The fraction of sp³-hybridized carbons (Fsp3) is 0.231. The molecule has 3 N–H and O–H groups in total. The lowest BCUT2D eigenvalue weighted by Crippen LogP contribution is -2.45. The van der Waals surface area contributed by atoms with Crippen molar-refractivity contribution in [2.75, 3.05) is 10.6 Å². The number of aryl methyl sites for hydroxylation is 3. The molecule has 0 saturated heterocycles. The molecular weight excluding hydrogens is 450 g/mol. The Labute approximate surface area is 199 Å². The molecule has 34 heavy (non-hydrogen) atoms. The van der Waals surface area contributed by atoms with Gasteiger partial charge in [0.2, 0.25) is 21.8 Å². The van der Waals surface area contributed by atoms with E-state index in [1.807, 2.05) is 62.4 Å². The van der Waals surface area contributed by atoms with Crippen LogP contribution in [0, 0.1) is 13.8 Å². The summed E-state index contributed by atoms with van der Waals surface area (Å²) in [7, 11) is -4.00. The first-order valence-corrected chi connectivity index (χ1v) is 12.6. The van der Waals surface area contributed by atoms with Gasteiger partial charge < -0.3 is 10.6 Å². The molecule has 0 radical (unpaired) electrons. The van der Waals surface area contributed by atoms with Gasteiger partial charge in [0.25, 0.3) is 0 Å². The van der Waals surface area contributed by atoms with Crippen molar-refractivity contribution in [2.24, 2.45) is 0 Å². The van der Waals surface area contributed by atoms with Crippen LogP contribution in [0.5, 0.6) is 0 Å². The SMILES string of the molecule is Cc1ccc(NC(=O)[C@H](Cc2ccccc2)NS(=O)(=O)c2ccc3c(c2)CCC(=O)N3)c(C)c1. The second-order valence-corrected chi connectivity index (χ2v) is 10.3. The van der Waals surface area contributed by atoms with Gasteiger partial charge in [0.15, 0.2) is 0 Å². The summed E-state index contributed by atoms with van der Waals surface area (Å²) >= 11 is 0. The minimum Gasteiger partial charge on any atom is -0.326 e. The highest BCUT2D eigenvalue weighted by Crippen LogP contribution is 2.26. The molecule has 3 aromatic carbocycles. The van der Waals surface area contributed by atoms with Crippen LogP contribution in [0.3, 0.4) is 0 Å². The maximum Gasteiger partial charge on any atom is 0.242 e. The van der Waals surface area contributed by atoms with Gasteiger partial charge in [-0.3, -0.25) is 9.59 Å². The Morgan fingerprint density at radius 1 is 1.00 bits per heavy atom. The van der Waals surface area contributed by atoms with Gasteiger partial charge in [0.05, 0.1) is 4.90 Å². The third kappa shape index (κ3) is 5.52. The molecule has 176 valence electrons. The predicted molar refractivity (Wildman–Crippen MR) is 132 cm³/mol. The number of rotatable bonds is 7. The summed E-state index contributed by atoms with van der Waals surface area (Å²) in [6, 6.07) is 18.5. The van der Waals surface area contributed by atoms with Gasteiger partial charge in [-0.1, -0.05) is 48.0 Å². The predicted octanol–water partition coefficient (Wildman–Crippen LogP) is 3.72. The second-order valence-electron chi connectivity index (χ2n) is 8.54. The fourth-order valence-corrected chi connectivity index (χ4v) is 5.24. The molecule has 3 aromatic rings. The molecule has 7 nitrogen and oxygen atoms in total. The third-order valence-electron chi connectivity index (χ3n) is 5.82. The molecule has 0 saturated carbocycles. The lowest BCUT2D eigenvalue weighted by molar-refractivity contribution is -0.118. The molecule has 8 heteroatoms. The summed E-state index contributed by atoms with van der Waals surface area (Å²) in [6.07, 6.45) is 0.960. The van der Waals surface area contributed by atoms with E-state index in [9.17, 15) is 18.0 Å². The Morgan fingerprint density at radius 3 is 2.50 bits per heavy atom. The van der Waals surface area contributed by atoms with E-state index in [-0.39, 0.29) is 17.2 Å². The number of fused-ring (bicyclic) bond motifs is 1. The van der Waals surface area contributed by atoms with Gasteiger partial charge >= 0.3 is 0 Å². The number of benzene rings is 3. The molecule has 0 unspecified atom stereocenters. The van der Waals surface area contributed by atoms with Crippen LogP contribution in [0.1, 0.15) is 28.7 Å². The van der Waals surface area contributed by atoms with Crippen LogP contribution in [0.25, 0.3) is 0 Å². The van der Waals surface area contributed by atoms with Gasteiger partial charge in [-0.05, 0) is 67.6 Å². The molecule has 0 fully saturated rings. The maximum absolute atomic E-state index is 13.3. The second kappa shape index (κ2) is 9.79. The number of hydrogen-bond acceptors (Lipinski definition) is 4. The normalized spacial score (nSPS) is 14.1. The Hall–Kier alpha value is -3.49. The highest BCUT2D eigenvalue weighted by Gasteiger charge is 2.27. The molecule has 1 aliphatic heterocycles. The number of amides is 2. The lowest BCUT2D eigenvalue weighted by Gasteiger charge is -2.21. The fourth-order valence-electron chi connectivity index (χ4n) is 3.99. The number of carbonyl (C=O) groups excluding carboxylic acids is 2. The number of nitrogens with one attached hydrogen (secondary N) is 3.